The molecule has 0 heterocycles. The Balaban J connectivity index is 2.59. The minimum absolute atomic E-state index is 0.0290. The summed E-state index contributed by atoms with van der Waals surface area (Å²) in [6, 6.07) is 0.137. The van der Waals surface area contributed by atoms with E-state index in [-0.39, 0.29) is 17.4 Å². The quantitative estimate of drug-likeness (QED) is 0.701. The van der Waals surface area contributed by atoms with Crippen molar-refractivity contribution in [3.8, 4) is 0 Å². The summed E-state index contributed by atoms with van der Waals surface area (Å²) in [6.07, 6.45) is 3.56. The van der Waals surface area contributed by atoms with Crippen molar-refractivity contribution in [3.63, 3.8) is 0 Å². The second kappa shape index (κ2) is 4.30. The summed E-state index contributed by atoms with van der Waals surface area (Å²) in [5, 5.41) is 0. The van der Waals surface area contributed by atoms with Crippen LogP contribution in [0.15, 0.2) is 0 Å². The molecule has 0 aromatic rings. The molecule has 0 amide bonds. The number of rotatable bonds is 4. The smallest absolute Gasteiger partial charge is 0.306 e. The van der Waals surface area contributed by atoms with E-state index in [4.69, 9.17) is 10.5 Å². The normalized spacial score (nSPS) is 33.3. The molecule has 1 rings (SSSR count). The highest BCUT2D eigenvalue weighted by Gasteiger charge is 2.47. The maximum Gasteiger partial charge on any atom is 0.306 e. The Morgan fingerprint density at radius 2 is 2.21 bits per heavy atom. The van der Waals surface area contributed by atoms with Crippen LogP contribution in [0.2, 0.25) is 0 Å². The molecule has 0 aromatic carbocycles. The fraction of sp³-hybridized carbons (Fsp3) is 0.909. The molecule has 0 aromatic heterocycles. The van der Waals surface area contributed by atoms with Crippen LogP contribution in [-0.4, -0.2) is 19.1 Å². The Bertz CT molecular complexity index is 209. The molecule has 2 N–H and O–H groups in total. The van der Waals surface area contributed by atoms with Crippen molar-refractivity contribution < 1.29 is 9.53 Å². The minimum Gasteiger partial charge on any atom is -0.469 e. The molecule has 1 aliphatic carbocycles. The molecule has 1 atom stereocenters. The number of ether oxygens (including phenoxy) is 1. The van der Waals surface area contributed by atoms with E-state index in [1.807, 2.05) is 0 Å². The van der Waals surface area contributed by atoms with Crippen LogP contribution in [0.5, 0.6) is 0 Å². The lowest BCUT2D eigenvalue weighted by atomic mass is 9.57. The minimum atomic E-state index is -0.124. The molecular formula is C11H21NO2. The second-order valence-electron chi connectivity index (χ2n) is 4.64. The van der Waals surface area contributed by atoms with Crippen LogP contribution < -0.4 is 5.73 Å². The third-order valence-electron chi connectivity index (χ3n) is 3.46. The van der Waals surface area contributed by atoms with Crippen molar-refractivity contribution >= 4 is 5.97 Å². The highest BCUT2D eigenvalue weighted by molar-refractivity contribution is 5.70. The van der Waals surface area contributed by atoms with E-state index >= 15 is 0 Å². The van der Waals surface area contributed by atoms with E-state index in [1.165, 1.54) is 7.11 Å². The van der Waals surface area contributed by atoms with Gasteiger partial charge in [-0.25, -0.2) is 0 Å². The molecule has 1 aliphatic rings. The zero-order valence-corrected chi connectivity index (χ0v) is 9.38. The fourth-order valence-corrected chi connectivity index (χ4v) is 2.70. The Morgan fingerprint density at radius 1 is 1.64 bits per heavy atom. The van der Waals surface area contributed by atoms with E-state index in [2.05, 4.69) is 13.8 Å². The average molecular weight is 199 g/mol. The zero-order chi connectivity index (χ0) is 10.8. The van der Waals surface area contributed by atoms with Gasteiger partial charge in [0.15, 0.2) is 0 Å². The van der Waals surface area contributed by atoms with E-state index < -0.39 is 0 Å². The van der Waals surface area contributed by atoms with Crippen LogP contribution in [-0.2, 0) is 9.53 Å². The zero-order valence-electron chi connectivity index (χ0n) is 9.38. The van der Waals surface area contributed by atoms with Crippen LogP contribution in [0, 0.1) is 11.3 Å². The third kappa shape index (κ3) is 2.08. The van der Waals surface area contributed by atoms with Gasteiger partial charge < -0.3 is 10.5 Å². The lowest BCUT2D eigenvalue weighted by Gasteiger charge is -2.49. The number of esters is 1. The first kappa shape index (κ1) is 11.5. The van der Waals surface area contributed by atoms with Gasteiger partial charge in [-0.1, -0.05) is 13.8 Å². The topological polar surface area (TPSA) is 52.3 Å². The average Bonchev–Trinajstić information content (AvgIpc) is 2.13. The summed E-state index contributed by atoms with van der Waals surface area (Å²) in [6.45, 7) is 4.28. The molecule has 0 saturated heterocycles. The molecule has 0 bridgehead atoms. The van der Waals surface area contributed by atoms with Crippen LogP contribution in [0.4, 0.5) is 0 Å². The summed E-state index contributed by atoms with van der Waals surface area (Å²) in [5.41, 5.74) is 6.10. The van der Waals surface area contributed by atoms with Crippen LogP contribution in [0.1, 0.15) is 39.5 Å². The van der Waals surface area contributed by atoms with Gasteiger partial charge in [0.05, 0.1) is 13.5 Å². The van der Waals surface area contributed by atoms with Gasteiger partial charge in [0.25, 0.3) is 0 Å². The van der Waals surface area contributed by atoms with Crippen LogP contribution in [0.3, 0.4) is 0 Å². The Labute approximate surface area is 86.0 Å². The standard InChI is InChI=1S/C11H21NO2/c1-4-9(12)11(5-8(2)6-11)7-10(13)14-3/h8-9H,4-7,12H2,1-3H3. The molecule has 0 aliphatic heterocycles. The molecular weight excluding hydrogens is 178 g/mol. The molecule has 0 radical (unpaired) electrons. The summed E-state index contributed by atoms with van der Waals surface area (Å²) in [5.74, 6) is 0.582. The molecule has 3 heteroatoms. The highest BCUT2D eigenvalue weighted by atomic mass is 16.5. The first-order valence-electron chi connectivity index (χ1n) is 5.36. The molecule has 0 spiro atoms. The van der Waals surface area contributed by atoms with Crippen molar-refractivity contribution in [2.24, 2.45) is 17.1 Å². The monoisotopic (exact) mass is 199 g/mol. The molecule has 3 nitrogen and oxygen atoms in total. The van der Waals surface area contributed by atoms with Gasteiger partial charge in [0.1, 0.15) is 0 Å². The highest BCUT2D eigenvalue weighted by Crippen LogP contribution is 2.50. The first-order chi connectivity index (χ1) is 6.54. The van der Waals surface area contributed by atoms with E-state index in [0.29, 0.717) is 12.3 Å². The van der Waals surface area contributed by atoms with E-state index in [1.54, 1.807) is 0 Å². The Kier molecular flexibility index (Phi) is 3.53. The number of nitrogens with two attached hydrogens (primary N) is 1. The number of hydrogen-bond donors (Lipinski definition) is 1. The Morgan fingerprint density at radius 3 is 2.57 bits per heavy atom. The maximum atomic E-state index is 11.3. The van der Waals surface area contributed by atoms with Crippen LogP contribution in [0.25, 0.3) is 0 Å². The van der Waals surface area contributed by atoms with Gasteiger partial charge in [0, 0.05) is 6.04 Å². The summed E-state index contributed by atoms with van der Waals surface area (Å²) < 4.78 is 4.72. The van der Waals surface area contributed by atoms with Crippen molar-refractivity contribution in [3.05, 3.63) is 0 Å². The molecule has 1 unspecified atom stereocenters. The summed E-state index contributed by atoms with van der Waals surface area (Å²) in [7, 11) is 1.44. The van der Waals surface area contributed by atoms with Crippen LogP contribution >= 0.6 is 0 Å². The lowest BCUT2D eigenvalue weighted by Crippen LogP contribution is -2.51. The van der Waals surface area contributed by atoms with Gasteiger partial charge in [-0.2, -0.15) is 0 Å². The third-order valence-corrected chi connectivity index (χ3v) is 3.46. The lowest BCUT2D eigenvalue weighted by molar-refractivity contribution is -0.147. The SMILES string of the molecule is CCC(N)C1(CC(=O)OC)CC(C)C1. The molecule has 82 valence electrons. The fourth-order valence-electron chi connectivity index (χ4n) is 2.70. The summed E-state index contributed by atoms with van der Waals surface area (Å²) >= 11 is 0. The van der Waals surface area contributed by atoms with Crippen molar-refractivity contribution in [1.29, 1.82) is 0 Å². The van der Waals surface area contributed by atoms with E-state index in [0.717, 1.165) is 19.3 Å². The van der Waals surface area contributed by atoms with Gasteiger partial charge in [-0.3, -0.25) is 4.79 Å². The largest absolute Gasteiger partial charge is 0.469 e. The number of methoxy groups -OCH3 is 1. The first-order valence-corrected chi connectivity index (χ1v) is 5.36. The molecule has 14 heavy (non-hydrogen) atoms. The number of hydrogen-bond acceptors (Lipinski definition) is 3. The number of carbonyl (C=O) groups excluding carboxylic acids is 1. The predicted molar refractivity (Wildman–Crippen MR) is 55.7 cm³/mol. The van der Waals surface area contributed by atoms with Gasteiger partial charge in [0.2, 0.25) is 0 Å². The maximum absolute atomic E-state index is 11.3. The van der Waals surface area contributed by atoms with E-state index in [9.17, 15) is 4.79 Å². The molecule has 1 fully saturated rings. The predicted octanol–water partition coefficient (Wildman–Crippen LogP) is 1.70. The van der Waals surface area contributed by atoms with Crippen molar-refractivity contribution in [2.45, 2.75) is 45.6 Å². The van der Waals surface area contributed by atoms with Gasteiger partial charge >= 0.3 is 5.97 Å². The molecule has 1 saturated carbocycles. The van der Waals surface area contributed by atoms with Gasteiger partial charge in [-0.05, 0) is 30.6 Å². The second-order valence-corrected chi connectivity index (χ2v) is 4.64. The number of carbonyl (C=O) groups is 1. The van der Waals surface area contributed by atoms with Crippen molar-refractivity contribution in [2.75, 3.05) is 7.11 Å². The summed E-state index contributed by atoms with van der Waals surface area (Å²) in [4.78, 5) is 11.3. The Hall–Kier alpha value is -0.570. The van der Waals surface area contributed by atoms with Gasteiger partial charge in [-0.15, -0.1) is 0 Å². The van der Waals surface area contributed by atoms with Crippen molar-refractivity contribution in [1.82, 2.24) is 0 Å².